The molecule has 0 amide bonds. The molecule has 3 nitrogen and oxygen atoms in total. The van der Waals surface area contributed by atoms with Crippen molar-refractivity contribution < 1.29 is 4.74 Å². The second-order valence-corrected chi connectivity index (χ2v) is 4.42. The summed E-state index contributed by atoms with van der Waals surface area (Å²) >= 11 is 0. The molecule has 17 heavy (non-hydrogen) atoms. The van der Waals surface area contributed by atoms with Crippen molar-refractivity contribution in [3.8, 4) is 5.88 Å². The van der Waals surface area contributed by atoms with Gasteiger partial charge in [0, 0.05) is 24.0 Å². The smallest absolute Gasteiger partial charge is 0.218 e. The molecule has 0 aliphatic carbocycles. The number of rotatable bonds is 1. The maximum atomic E-state index is 5.94. The van der Waals surface area contributed by atoms with Crippen LogP contribution < -0.4 is 10.1 Å². The van der Waals surface area contributed by atoms with Crippen LogP contribution in [0.1, 0.15) is 18.9 Å². The van der Waals surface area contributed by atoms with Crippen LogP contribution in [0.15, 0.2) is 30.3 Å². The number of aromatic nitrogens is 1. The molecule has 2 heterocycles. The number of nitrogens with zero attached hydrogens (tertiary/aromatic N) is 1. The average molecular weight is 228 g/mol. The first-order valence-corrected chi connectivity index (χ1v) is 6.13. The van der Waals surface area contributed by atoms with Gasteiger partial charge in [-0.1, -0.05) is 25.1 Å². The van der Waals surface area contributed by atoms with E-state index < -0.39 is 0 Å². The molecule has 0 spiro atoms. The molecule has 3 rings (SSSR count). The monoisotopic (exact) mass is 228 g/mol. The van der Waals surface area contributed by atoms with Crippen LogP contribution in [0, 0.1) is 0 Å². The van der Waals surface area contributed by atoms with Crippen LogP contribution >= 0.6 is 0 Å². The Morgan fingerprint density at radius 2 is 2.29 bits per heavy atom. The highest BCUT2D eigenvalue weighted by atomic mass is 16.5. The normalized spacial score (nSPS) is 19.5. The van der Waals surface area contributed by atoms with Crippen LogP contribution in [0.25, 0.3) is 10.9 Å². The molecule has 0 saturated heterocycles. The summed E-state index contributed by atoms with van der Waals surface area (Å²) in [5.74, 6) is 0.792. The highest BCUT2D eigenvalue weighted by molar-refractivity contribution is 5.80. The minimum absolute atomic E-state index is 0.227. The number of para-hydroxylation sites is 1. The van der Waals surface area contributed by atoms with E-state index in [1.54, 1.807) is 0 Å². The van der Waals surface area contributed by atoms with Gasteiger partial charge in [0.2, 0.25) is 5.88 Å². The zero-order chi connectivity index (χ0) is 11.7. The van der Waals surface area contributed by atoms with Gasteiger partial charge in [-0.3, -0.25) is 0 Å². The van der Waals surface area contributed by atoms with E-state index in [1.807, 2.05) is 18.2 Å². The highest BCUT2D eigenvalue weighted by Gasteiger charge is 2.17. The summed E-state index contributed by atoms with van der Waals surface area (Å²) in [5.41, 5.74) is 2.16. The summed E-state index contributed by atoms with van der Waals surface area (Å²) in [5, 5.41) is 4.58. The number of hydrogen-bond donors (Lipinski definition) is 1. The number of fused-ring (bicyclic) bond motifs is 2. The van der Waals surface area contributed by atoms with Crippen molar-refractivity contribution in [3.63, 3.8) is 0 Å². The van der Waals surface area contributed by atoms with E-state index in [-0.39, 0.29) is 6.10 Å². The minimum Gasteiger partial charge on any atom is -0.473 e. The van der Waals surface area contributed by atoms with Crippen molar-refractivity contribution in [3.05, 3.63) is 35.9 Å². The first kappa shape index (κ1) is 10.5. The predicted octanol–water partition coefficient (Wildman–Crippen LogP) is 2.50. The fourth-order valence-electron chi connectivity index (χ4n) is 2.17. The van der Waals surface area contributed by atoms with E-state index in [0.29, 0.717) is 0 Å². The standard InChI is InChI=1S/C14H16N2O/c1-2-12-9-15-8-11-7-10-5-3-4-6-13(10)16-14(11)17-12/h3-7,12,15H,2,8-9H2,1H3/t12-/m1/s1. The number of benzene rings is 1. The third-order valence-electron chi connectivity index (χ3n) is 3.18. The molecular weight excluding hydrogens is 212 g/mol. The quantitative estimate of drug-likeness (QED) is 0.814. The number of hydrogen-bond acceptors (Lipinski definition) is 3. The first-order valence-electron chi connectivity index (χ1n) is 6.13. The van der Waals surface area contributed by atoms with Crippen molar-refractivity contribution in [2.24, 2.45) is 0 Å². The van der Waals surface area contributed by atoms with Gasteiger partial charge in [0.05, 0.1) is 5.52 Å². The summed E-state index contributed by atoms with van der Waals surface area (Å²) in [7, 11) is 0. The van der Waals surface area contributed by atoms with Crippen LogP contribution in [-0.2, 0) is 6.54 Å². The molecule has 0 unspecified atom stereocenters. The van der Waals surface area contributed by atoms with E-state index in [9.17, 15) is 0 Å². The predicted molar refractivity (Wildman–Crippen MR) is 68.2 cm³/mol. The van der Waals surface area contributed by atoms with Gasteiger partial charge in [-0.05, 0) is 18.6 Å². The van der Waals surface area contributed by atoms with Gasteiger partial charge in [0.15, 0.2) is 0 Å². The molecule has 0 fully saturated rings. The Morgan fingerprint density at radius 1 is 1.41 bits per heavy atom. The van der Waals surface area contributed by atoms with Gasteiger partial charge in [-0.25, -0.2) is 4.98 Å². The van der Waals surface area contributed by atoms with Crippen molar-refractivity contribution >= 4 is 10.9 Å². The van der Waals surface area contributed by atoms with Crippen LogP contribution in [0.3, 0.4) is 0 Å². The molecular formula is C14H16N2O. The Balaban J connectivity index is 2.09. The molecule has 88 valence electrons. The lowest BCUT2D eigenvalue weighted by Crippen LogP contribution is -2.27. The van der Waals surface area contributed by atoms with Gasteiger partial charge >= 0.3 is 0 Å². The summed E-state index contributed by atoms with van der Waals surface area (Å²) in [4.78, 5) is 4.61. The molecule has 0 radical (unpaired) electrons. The topological polar surface area (TPSA) is 34.2 Å². The molecule has 0 bridgehead atoms. The maximum absolute atomic E-state index is 5.94. The van der Waals surface area contributed by atoms with Crippen molar-refractivity contribution in [2.45, 2.75) is 26.0 Å². The molecule has 0 saturated carbocycles. The molecule has 1 aromatic heterocycles. The summed E-state index contributed by atoms with van der Waals surface area (Å²) in [6.45, 7) is 3.87. The fourth-order valence-corrected chi connectivity index (χ4v) is 2.17. The Bertz CT molecular complexity index is 539. The van der Waals surface area contributed by atoms with Gasteiger partial charge < -0.3 is 10.1 Å². The van der Waals surface area contributed by atoms with E-state index in [0.717, 1.165) is 36.5 Å². The van der Waals surface area contributed by atoms with Gasteiger partial charge in [0.25, 0.3) is 0 Å². The van der Waals surface area contributed by atoms with Crippen molar-refractivity contribution in [1.29, 1.82) is 0 Å². The minimum atomic E-state index is 0.227. The average Bonchev–Trinajstić information content (AvgIpc) is 2.57. The van der Waals surface area contributed by atoms with E-state index in [1.165, 1.54) is 5.39 Å². The lowest BCUT2D eigenvalue weighted by Gasteiger charge is -2.14. The maximum Gasteiger partial charge on any atom is 0.218 e. The number of ether oxygens (including phenoxy) is 1. The summed E-state index contributed by atoms with van der Waals surface area (Å²) < 4.78 is 5.94. The van der Waals surface area contributed by atoms with Crippen LogP contribution in [0.4, 0.5) is 0 Å². The molecule has 1 aromatic carbocycles. The Hall–Kier alpha value is -1.61. The molecule has 1 N–H and O–H groups in total. The first-order chi connectivity index (χ1) is 8.36. The van der Waals surface area contributed by atoms with Crippen LogP contribution in [0.5, 0.6) is 5.88 Å². The van der Waals surface area contributed by atoms with Crippen LogP contribution in [0.2, 0.25) is 0 Å². The lowest BCUT2D eigenvalue weighted by molar-refractivity contribution is 0.195. The number of pyridine rings is 1. The lowest BCUT2D eigenvalue weighted by atomic mass is 10.1. The van der Waals surface area contributed by atoms with E-state index >= 15 is 0 Å². The Morgan fingerprint density at radius 3 is 3.18 bits per heavy atom. The highest BCUT2D eigenvalue weighted by Crippen LogP contribution is 2.25. The molecule has 2 aromatic rings. The summed E-state index contributed by atoms with van der Waals surface area (Å²) in [6.07, 6.45) is 1.23. The van der Waals surface area contributed by atoms with E-state index in [2.05, 4.69) is 29.4 Å². The molecule has 1 aliphatic rings. The summed E-state index contributed by atoms with van der Waals surface area (Å²) in [6, 6.07) is 10.3. The largest absolute Gasteiger partial charge is 0.473 e. The zero-order valence-electron chi connectivity index (χ0n) is 9.94. The van der Waals surface area contributed by atoms with Gasteiger partial charge in [-0.2, -0.15) is 0 Å². The fraction of sp³-hybridized carbons (Fsp3) is 0.357. The molecule has 3 heteroatoms. The SMILES string of the molecule is CC[C@@H]1CNCc2cc3ccccc3nc2O1. The van der Waals surface area contributed by atoms with Gasteiger partial charge in [-0.15, -0.1) is 0 Å². The van der Waals surface area contributed by atoms with Gasteiger partial charge in [0.1, 0.15) is 6.10 Å². The van der Waals surface area contributed by atoms with Crippen molar-refractivity contribution in [1.82, 2.24) is 10.3 Å². The van der Waals surface area contributed by atoms with Crippen molar-refractivity contribution in [2.75, 3.05) is 6.54 Å². The van der Waals surface area contributed by atoms with Crippen LogP contribution in [-0.4, -0.2) is 17.6 Å². The Kier molecular flexibility index (Phi) is 2.69. The van der Waals surface area contributed by atoms with E-state index in [4.69, 9.17) is 4.74 Å². The second kappa shape index (κ2) is 4.34. The molecule has 1 atom stereocenters. The third kappa shape index (κ3) is 1.98. The molecule has 1 aliphatic heterocycles. The third-order valence-corrected chi connectivity index (χ3v) is 3.18. The zero-order valence-corrected chi connectivity index (χ0v) is 9.94. The second-order valence-electron chi connectivity index (χ2n) is 4.42. The Labute approximate surface area is 101 Å². The number of nitrogens with one attached hydrogen (secondary N) is 1.